The van der Waals surface area contributed by atoms with E-state index in [1.54, 1.807) is 13.2 Å². The summed E-state index contributed by atoms with van der Waals surface area (Å²) < 4.78 is 16.8. The first-order valence-corrected chi connectivity index (χ1v) is 12.3. The quantitative estimate of drug-likeness (QED) is 0.356. The number of carbonyl (C=O) groups excluding carboxylic acids is 2. The van der Waals surface area contributed by atoms with E-state index < -0.39 is 11.0 Å². The highest BCUT2D eigenvalue weighted by Gasteiger charge is 2.53. The molecule has 178 valence electrons. The average molecular weight is 479 g/mol. The Hall–Kier alpha value is -3.12. The van der Waals surface area contributed by atoms with Crippen molar-refractivity contribution in [3.8, 4) is 27.3 Å². The molecule has 3 aromatic rings. The fourth-order valence-electron chi connectivity index (χ4n) is 4.19. The van der Waals surface area contributed by atoms with Crippen molar-refractivity contribution < 1.29 is 23.8 Å². The Morgan fingerprint density at radius 1 is 1.03 bits per heavy atom. The van der Waals surface area contributed by atoms with Crippen molar-refractivity contribution in [2.24, 2.45) is 0 Å². The molecule has 1 fully saturated rings. The third-order valence-corrected chi connectivity index (χ3v) is 6.86. The second-order valence-electron chi connectivity index (χ2n) is 9.43. The van der Waals surface area contributed by atoms with Crippen molar-refractivity contribution in [2.75, 3.05) is 13.7 Å². The van der Waals surface area contributed by atoms with Crippen LogP contribution in [0.25, 0.3) is 21.6 Å². The lowest BCUT2D eigenvalue weighted by molar-refractivity contribution is -0.146. The summed E-state index contributed by atoms with van der Waals surface area (Å²) >= 11 is 1.49. The monoisotopic (exact) mass is 478 g/mol. The third kappa shape index (κ3) is 4.60. The molecule has 0 bridgehead atoms. The molecule has 0 saturated heterocycles. The van der Waals surface area contributed by atoms with Crippen LogP contribution in [0.4, 0.5) is 0 Å². The number of methoxy groups -OCH3 is 1. The van der Waals surface area contributed by atoms with Gasteiger partial charge in [0.25, 0.3) is 0 Å². The van der Waals surface area contributed by atoms with Crippen molar-refractivity contribution in [1.82, 2.24) is 0 Å². The Labute approximate surface area is 204 Å². The Morgan fingerprint density at radius 2 is 1.76 bits per heavy atom. The standard InChI is InChI=1S/C28H30O5S/c1-6-32-26(30)28(14-15-28)22-10-8-7-9-19(22)20-12-11-18(17-23(20)31-5)24-21(13-16-34-24)25(29)33-27(2,3)4/h7-13,16-17H,6,14-15H2,1-5H3. The Morgan fingerprint density at radius 3 is 2.41 bits per heavy atom. The summed E-state index contributed by atoms with van der Waals surface area (Å²) in [4.78, 5) is 26.4. The maximum Gasteiger partial charge on any atom is 0.340 e. The molecule has 1 saturated carbocycles. The summed E-state index contributed by atoms with van der Waals surface area (Å²) in [5, 5.41) is 1.89. The van der Waals surface area contributed by atoms with Gasteiger partial charge in [-0.05, 0) is 80.8 Å². The maximum atomic E-state index is 12.8. The van der Waals surface area contributed by atoms with E-state index in [1.807, 2.05) is 75.5 Å². The van der Waals surface area contributed by atoms with Crippen molar-refractivity contribution >= 4 is 23.3 Å². The Kier molecular flexibility index (Phi) is 6.54. The molecule has 1 aliphatic rings. The zero-order valence-electron chi connectivity index (χ0n) is 20.3. The van der Waals surface area contributed by atoms with Gasteiger partial charge in [-0.3, -0.25) is 4.79 Å². The maximum absolute atomic E-state index is 12.8. The van der Waals surface area contributed by atoms with Gasteiger partial charge in [-0.2, -0.15) is 0 Å². The predicted octanol–water partition coefficient (Wildman–Crippen LogP) is 6.64. The highest BCUT2D eigenvalue weighted by molar-refractivity contribution is 7.14. The van der Waals surface area contributed by atoms with E-state index in [4.69, 9.17) is 14.2 Å². The van der Waals surface area contributed by atoms with Gasteiger partial charge >= 0.3 is 11.9 Å². The van der Waals surface area contributed by atoms with Crippen LogP contribution in [0.5, 0.6) is 5.75 Å². The van der Waals surface area contributed by atoms with Gasteiger partial charge < -0.3 is 14.2 Å². The first-order chi connectivity index (χ1) is 16.2. The van der Waals surface area contributed by atoms with E-state index in [9.17, 15) is 9.59 Å². The number of carbonyl (C=O) groups is 2. The smallest absolute Gasteiger partial charge is 0.340 e. The Bertz CT molecular complexity index is 1210. The van der Waals surface area contributed by atoms with Crippen LogP contribution in [0.1, 0.15) is 56.5 Å². The minimum absolute atomic E-state index is 0.168. The van der Waals surface area contributed by atoms with E-state index in [-0.39, 0.29) is 11.9 Å². The Balaban J connectivity index is 1.74. The SMILES string of the molecule is CCOC(=O)C1(c2ccccc2-c2ccc(-c3sccc3C(=O)OC(C)(C)C)cc2OC)CC1. The number of rotatable bonds is 7. The van der Waals surface area contributed by atoms with Crippen LogP contribution < -0.4 is 4.74 Å². The van der Waals surface area contributed by atoms with Gasteiger partial charge in [0, 0.05) is 10.4 Å². The molecule has 1 aromatic heterocycles. The molecule has 0 amide bonds. The van der Waals surface area contributed by atoms with Gasteiger partial charge in [0.2, 0.25) is 0 Å². The molecule has 0 spiro atoms. The molecule has 1 heterocycles. The fraction of sp³-hybridized carbons (Fsp3) is 0.357. The lowest BCUT2D eigenvalue weighted by Gasteiger charge is -2.20. The minimum Gasteiger partial charge on any atom is -0.496 e. The lowest BCUT2D eigenvalue weighted by Crippen LogP contribution is -2.24. The molecule has 1 aliphatic carbocycles. The van der Waals surface area contributed by atoms with Crippen LogP contribution in [0.3, 0.4) is 0 Å². The normalized spacial score (nSPS) is 14.4. The van der Waals surface area contributed by atoms with E-state index >= 15 is 0 Å². The highest BCUT2D eigenvalue weighted by Crippen LogP contribution is 2.53. The summed E-state index contributed by atoms with van der Waals surface area (Å²) in [6, 6.07) is 15.7. The van der Waals surface area contributed by atoms with Gasteiger partial charge in [0.1, 0.15) is 11.4 Å². The van der Waals surface area contributed by atoms with Crippen LogP contribution in [0.15, 0.2) is 53.9 Å². The molecule has 34 heavy (non-hydrogen) atoms. The second kappa shape index (κ2) is 9.26. The van der Waals surface area contributed by atoms with Crippen LogP contribution in [0.2, 0.25) is 0 Å². The largest absolute Gasteiger partial charge is 0.496 e. The number of hydrogen-bond acceptors (Lipinski definition) is 6. The third-order valence-electron chi connectivity index (χ3n) is 5.90. The zero-order valence-corrected chi connectivity index (χ0v) is 21.1. The van der Waals surface area contributed by atoms with Crippen molar-refractivity contribution in [2.45, 2.75) is 51.6 Å². The topological polar surface area (TPSA) is 61.8 Å². The van der Waals surface area contributed by atoms with Crippen LogP contribution in [-0.2, 0) is 19.7 Å². The van der Waals surface area contributed by atoms with E-state index in [2.05, 4.69) is 0 Å². The summed E-state index contributed by atoms with van der Waals surface area (Å²) in [5.74, 6) is 0.161. The molecule has 0 aliphatic heterocycles. The first-order valence-electron chi connectivity index (χ1n) is 11.5. The summed E-state index contributed by atoms with van der Waals surface area (Å²) in [6.45, 7) is 7.76. The van der Waals surface area contributed by atoms with Gasteiger partial charge in [0.05, 0.1) is 24.7 Å². The zero-order chi connectivity index (χ0) is 24.5. The second-order valence-corrected chi connectivity index (χ2v) is 10.3. The molecule has 6 heteroatoms. The molecule has 0 radical (unpaired) electrons. The highest BCUT2D eigenvalue weighted by atomic mass is 32.1. The molecular weight excluding hydrogens is 448 g/mol. The van der Waals surface area contributed by atoms with Gasteiger partial charge in [-0.25, -0.2) is 4.79 Å². The molecule has 5 nitrogen and oxygen atoms in total. The van der Waals surface area contributed by atoms with E-state index in [0.717, 1.165) is 40.0 Å². The molecule has 0 atom stereocenters. The van der Waals surface area contributed by atoms with Crippen LogP contribution in [0, 0.1) is 0 Å². The predicted molar refractivity (Wildman–Crippen MR) is 134 cm³/mol. The molecule has 2 aromatic carbocycles. The van der Waals surface area contributed by atoms with Crippen molar-refractivity contribution in [3.05, 3.63) is 65.0 Å². The number of esters is 2. The molecular formula is C28H30O5S. The van der Waals surface area contributed by atoms with Gasteiger partial charge in [-0.15, -0.1) is 11.3 Å². The first kappa shape index (κ1) is 24.0. The molecule has 4 rings (SSSR count). The summed E-state index contributed by atoms with van der Waals surface area (Å²) in [6.07, 6.45) is 1.55. The van der Waals surface area contributed by atoms with Crippen molar-refractivity contribution in [1.29, 1.82) is 0 Å². The number of ether oxygens (including phenoxy) is 3. The van der Waals surface area contributed by atoms with Crippen LogP contribution in [-0.4, -0.2) is 31.3 Å². The minimum atomic E-state index is -0.589. The fourth-order valence-corrected chi connectivity index (χ4v) is 5.08. The van der Waals surface area contributed by atoms with E-state index in [1.165, 1.54) is 11.3 Å². The average Bonchev–Trinajstić information content (AvgIpc) is 3.46. The summed E-state index contributed by atoms with van der Waals surface area (Å²) in [5.41, 5.74) is 3.07. The number of benzene rings is 2. The molecule has 0 unspecified atom stereocenters. The van der Waals surface area contributed by atoms with Crippen LogP contribution >= 0.6 is 11.3 Å². The van der Waals surface area contributed by atoms with Gasteiger partial charge in [-0.1, -0.05) is 30.3 Å². The van der Waals surface area contributed by atoms with Crippen molar-refractivity contribution in [3.63, 3.8) is 0 Å². The van der Waals surface area contributed by atoms with Gasteiger partial charge in [0.15, 0.2) is 0 Å². The molecule has 0 N–H and O–H groups in total. The lowest BCUT2D eigenvalue weighted by atomic mass is 9.87. The number of hydrogen-bond donors (Lipinski definition) is 0. The summed E-state index contributed by atoms with van der Waals surface area (Å²) in [7, 11) is 1.63. The number of thiophene rings is 1. The van der Waals surface area contributed by atoms with E-state index in [0.29, 0.717) is 17.9 Å².